The van der Waals surface area contributed by atoms with Crippen molar-refractivity contribution in [1.29, 1.82) is 0 Å². The number of nitrogens with zero attached hydrogens (tertiary/aromatic N) is 4. The summed E-state index contributed by atoms with van der Waals surface area (Å²) >= 11 is 0. The number of rotatable bonds is 7. The normalized spacial score (nSPS) is 14.1. The van der Waals surface area contributed by atoms with Gasteiger partial charge in [-0.15, -0.1) is 48.0 Å². The van der Waals surface area contributed by atoms with Crippen molar-refractivity contribution in [3.8, 4) is 39.6 Å². The molecular formula is C53H41N4OPt-3. The molecule has 0 amide bonds. The van der Waals surface area contributed by atoms with E-state index in [-0.39, 0.29) is 91.5 Å². The summed E-state index contributed by atoms with van der Waals surface area (Å²) in [7, 11) is 0. The van der Waals surface area contributed by atoms with Crippen LogP contribution in [0.3, 0.4) is 0 Å². The van der Waals surface area contributed by atoms with E-state index < -0.39 is 0 Å². The predicted octanol–water partition coefficient (Wildman–Crippen LogP) is 13.9. The number of hydrogen-bond acceptors (Lipinski definition) is 4. The van der Waals surface area contributed by atoms with Gasteiger partial charge in [0.25, 0.3) is 0 Å². The molecule has 0 aliphatic carbocycles. The molecule has 5 nitrogen and oxygen atoms in total. The standard InChI is InChI=1S/C53H41N4O.Pt/c1-36-30-45(37-16-7-5-8-17-37)52(46(31-36)38-18-9-6-10-19-38)56-35-55(48-24-13-14-25-49(48)56)40-20-15-21-41(33-40)58-42-26-27-44-43-22-11-12-23-47(43)57(50(44)34-42)51-32-39(28-29-54-51)53(2,3)4;/h5-32,35H,1-4H3;/q-3;/i11D,12D,15D,20D,21D,22D,23D;. The SMILES string of the molecule is [2H]c1c(Oc2[c-]c3c(cc2)c2c([2H])c([2H])c([2H])c([2H])c2n3-c2cc(C(C)(C)C)ccn2)[c-]c(N2[CH-]N(c3c(-c4ccccc4)cc(C)cc3-c3ccccc3)c3ccccc32)c([2H])c1[2H].[Pt]. The Kier molecular flexibility index (Phi) is 7.99. The summed E-state index contributed by atoms with van der Waals surface area (Å²) in [6, 6.07) is 44.3. The van der Waals surface area contributed by atoms with Gasteiger partial charge in [-0.1, -0.05) is 117 Å². The molecule has 59 heavy (non-hydrogen) atoms. The molecule has 10 rings (SSSR count). The van der Waals surface area contributed by atoms with Crippen molar-refractivity contribution in [1.82, 2.24) is 9.55 Å². The number of anilines is 4. The molecule has 0 fully saturated rings. The van der Waals surface area contributed by atoms with E-state index in [0.717, 1.165) is 50.4 Å². The van der Waals surface area contributed by atoms with Gasteiger partial charge < -0.3 is 19.1 Å². The minimum atomic E-state index is -0.372. The van der Waals surface area contributed by atoms with E-state index in [4.69, 9.17) is 13.0 Å². The number of aromatic nitrogens is 2. The van der Waals surface area contributed by atoms with Crippen LogP contribution in [-0.2, 0) is 26.5 Å². The van der Waals surface area contributed by atoms with Crippen LogP contribution < -0.4 is 14.5 Å². The number of aryl methyl sites for hydroxylation is 1. The minimum Gasteiger partial charge on any atom is -0.509 e. The number of hydrogen-bond donors (Lipinski definition) is 0. The second kappa shape index (κ2) is 15.4. The average molecular weight is 952 g/mol. The molecular weight excluding hydrogens is 904 g/mol. The molecule has 0 saturated heterocycles. The van der Waals surface area contributed by atoms with Crippen LogP contribution in [0.4, 0.5) is 22.7 Å². The molecule has 0 spiro atoms. The molecule has 2 aromatic heterocycles. The zero-order valence-electron chi connectivity index (χ0n) is 39.7. The zero-order valence-corrected chi connectivity index (χ0v) is 35.0. The average Bonchev–Trinajstić information content (AvgIpc) is 3.86. The fraction of sp³-hybridized carbons (Fsp3) is 0.0943. The first-order valence-electron chi connectivity index (χ1n) is 22.6. The molecule has 9 aromatic rings. The summed E-state index contributed by atoms with van der Waals surface area (Å²) in [6.07, 6.45) is 1.68. The van der Waals surface area contributed by atoms with Crippen molar-refractivity contribution in [2.75, 3.05) is 9.80 Å². The van der Waals surface area contributed by atoms with Gasteiger partial charge in [-0.25, -0.2) is 4.98 Å². The van der Waals surface area contributed by atoms with Crippen molar-refractivity contribution < 1.29 is 35.4 Å². The summed E-state index contributed by atoms with van der Waals surface area (Å²) < 4.78 is 70.4. The van der Waals surface area contributed by atoms with E-state index in [0.29, 0.717) is 22.1 Å². The van der Waals surface area contributed by atoms with Crippen LogP contribution in [0.25, 0.3) is 49.9 Å². The molecule has 6 heteroatoms. The van der Waals surface area contributed by atoms with Crippen LogP contribution in [0, 0.1) is 25.7 Å². The van der Waals surface area contributed by atoms with Crippen molar-refractivity contribution in [3.05, 3.63) is 200 Å². The second-order valence-corrected chi connectivity index (χ2v) is 15.4. The number of fused-ring (bicyclic) bond motifs is 4. The quantitative estimate of drug-likeness (QED) is 0.149. The van der Waals surface area contributed by atoms with Gasteiger partial charge in [0.05, 0.1) is 5.48 Å². The molecule has 0 N–H and O–H groups in total. The largest absolute Gasteiger partial charge is 0.509 e. The molecule has 1 aliphatic rings. The summed E-state index contributed by atoms with van der Waals surface area (Å²) in [5, 5.41) is 0.816. The van der Waals surface area contributed by atoms with Gasteiger partial charge in [0.15, 0.2) is 0 Å². The molecule has 7 aromatic carbocycles. The van der Waals surface area contributed by atoms with Gasteiger partial charge in [-0.2, -0.15) is 12.1 Å². The van der Waals surface area contributed by atoms with Crippen molar-refractivity contribution >= 4 is 44.6 Å². The Morgan fingerprint density at radius 1 is 0.661 bits per heavy atom. The van der Waals surface area contributed by atoms with E-state index in [2.05, 4.69) is 86.1 Å². The first kappa shape index (κ1) is 30.6. The van der Waals surface area contributed by atoms with Gasteiger partial charge in [0.1, 0.15) is 5.82 Å². The fourth-order valence-corrected chi connectivity index (χ4v) is 7.70. The fourth-order valence-electron chi connectivity index (χ4n) is 7.70. The summed E-state index contributed by atoms with van der Waals surface area (Å²) in [4.78, 5) is 8.60. The van der Waals surface area contributed by atoms with E-state index in [1.807, 2.05) is 84.4 Å². The smallest absolute Gasteiger partial charge is 0.135 e. The van der Waals surface area contributed by atoms with E-state index in [1.165, 1.54) is 0 Å². The van der Waals surface area contributed by atoms with Gasteiger partial charge in [0.2, 0.25) is 0 Å². The first-order chi connectivity index (χ1) is 31.2. The maximum absolute atomic E-state index is 9.24. The van der Waals surface area contributed by atoms with E-state index >= 15 is 0 Å². The maximum Gasteiger partial charge on any atom is 0.135 e. The molecule has 0 unspecified atom stereocenters. The molecule has 0 saturated carbocycles. The van der Waals surface area contributed by atoms with Crippen LogP contribution >= 0.6 is 0 Å². The topological polar surface area (TPSA) is 33.5 Å². The number of benzene rings is 7. The van der Waals surface area contributed by atoms with Gasteiger partial charge in [-0.3, -0.25) is 0 Å². The Labute approximate surface area is 370 Å². The monoisotopic (exact) mass is 951 g/mol. The van der Waals surface area contributed by atoms with Crippen LogP contribution in [-0.4, -0.2) is 9.55 Å². The Morgan fingerprint density at radius 2 is 1.32 bits per heavy atom. The summed E-state index contributed by atoms with van der Waals surface area (Å²) in [6.45, 7) is 10.2. The second-order valence-electron chi connectivity index (χ2n) is 15.4. The molecule has 0 atom stereocenters. The number of para-hydroxylation sites is 3. The zero-order chi connectivity index (χ0) is 45.5. The third-order valence-corrected chi connectivity index (χ3v) is 10.5. The van der Waals surface area contributed by atoms with Crippen LogP contribution in [0.2, 0.25) is 0 Å². The maximum atomic E-state index is 9.24. The molecule has 292 valence electrons. The number of pyridine rings is 1. The molecule has 1 aliphatic heterocycles. The Morgan fingerprint density at radius 3 is 2.02 bits per heavy atom. The number of ether oxygens (including phenoxy) is 1. The molecule has 0 bridgehead atoms. The third-order valence-electron chi connectivity index (χ3n) is 10.5. The van der Waals surface area contributed by atoms with Gasteiger partial charge >= 0.3 is 0 Å². The van der Waals surface area contributed by atoms with Crippen molar-refractivity contribution in [2.24, 2.45) is 0 Å². The van der Waals surface area contributed by atoms with Crippen LogP contribution in [0.5, 0.6) is 11.5 Å². The van der Waals surface area contributed by atoms with E-state index in [9.17, 15) is 1.37 Å². The predicted molar refractivity (Wildman–Crippen MR) is 239 cm³/mol. The van der Waals surface area contributed by atoms with Gasteiger partial charge in [0, 0.05) is 73.8 Å². The minimum absolute atomic E-state index is 0. The van der Waals surface area contributed by atoms with Crippen LogP contribution in [0.1, 0.15) is 41.5 Å². The Hall–Kier alpha value is -6.42. The van der Waals surface area contributed by atoms with Crippen LogP contribution in [0.15, 0.2) is 170 Å². The Bertz CT molecular complexity index is 3310. The molecule has 3 heterocycles. The van der Waals surface area contributed by atoms with Gasteiger partial charge in [-0.05, 0) is 85.2 Å². The van der Waals surface area contributed by atoms with Crippen molar-refractivity contribution in [3.63, 3.8) is 0 Å². The van der Waals surface area contributed by atoms with E-state index in [1.54, 1.807) is 22.9 Å². The third kappa shape index (κ3) is 7.00. The summed E-state index contributed by atoms with van der Waals surface area (Å²) in [5.74, 6) is 0.472. The molecule has 0 radical (unpaired) electrons. The van der Waals surface area contributed by atoms with Crippen molar-refractivity contribution in [2.45, 2.75) is 33.1 Å². The first-order valence-corrected chi connectivity index (χ1v) is 19.1. The summed E-state index contributed by atoms with van der Waals surface area (Å²) in [5.41, 5.74) is 9.24. The Balaban J connectivity index is 0.00000548.